The molecule has 0 aromatic heterocycles. The van der Waals surface area contributed by atoms with E-state index in [-0.39, 0.29) is 17.2 Å². The van der Waals surface area contributed by atoms with Crippen LogP contribution in [0.1, 0.15) is 11.1 Å². The quantitative estimate of drug-likeness (QED) is 0.328. The minimum atomic E-state index is -0.890. The Labute approximate surface area is 165 Å². The fourth-order valence-electron chi connectivity index (χ4n) is 2.14. The molecule has 9 nitrogen and oxygen atoms in total. The van der Waals surface area contributed by atoms with Gasteiger partial charge in [0.25, 0.3) is 0 Å². The van der Waals surface area contributed by atoms with Gasteiger partial charge in [-0.15, -0.1) is 0 Å². The van der Waals surface area contributed by atoms with Crippen LogP contribution in [0, 0.1) is 0 Å². The van der Waals surface area contributed by atoms with Crippen LogP contribution in [0.4, 0.5) is 0 Å². The Hall–Kier alpha value is -3.53. The number of esters is 3. The molecule has 0 saturated heterocycles. The van der Waals surface area contributed by atoms with Gasteiger partial charge in [-0.3, -0.25) is 0 Å². The van der Waals surface area contributed by atoms with Gasteiger partial charge in [-0.05, 0) is 35.4 Å². The van der Waals surface area contributed by atoms with Gasteiger partial charge in [0, 0.05) is 6.07 Å². The molecular weight excluding hydrogens is 384 g/mol. The Morgan fingerprint density at radius 1 is 0.621 bits per heavy atom. The zero-order chi connectivity index (χ0) is 21.2. The van der Waals surface area contributed by atoms with Gasteiger partial charge in [0.05, 0.1) is 0 Å². The van der Waals surface area contributed by atoms with E-state index in [4.69, 9.17) is 29.5 Å². The van der Waals surface area contributed by atoms with Gasteiger partial charge < -0.3 is 29.5 Å². The largest absolute Gasteiger partial charge is 0.425 e. The highest BCUT2D eigenvalue weighted by atomic mass is 16.6. The summed E-state index contributed by atoms with van der Waals surface area (Å²) in [6.07, 6.45) is 3.34. The van der Waals surface area contributed by atoms with Crippen LogP contribution in [0.15, 0.2) is 42.5 Å². The van der Waals surface area contributed by atoms with E-state index in [2.05, 4.69) is 0 Å². The fourth-order valence-corrected chi connectivity index (χ4v) is 2.14. The normalized spacial score (nSPS) is 10.6. The van der Waals surface area contributed by atoms with Crippen molar-refractivity contribution in [1.29, 1.82) is 0 Å². The van der Waals surface area contributed by atoms with E-state index < -0.39 is 37.7 Å². The first-order valence-electron chi connectivity index (χ1n) is 8.31. The molecule has 0 heterocycles. The first-order chi connectivity index (χ1) is 13.9. The van der Waals surface area contributed by atoms with Crippen LogP contribution in [0.2, 0.25) is 0 Å². The monoisotopic (exact) mass is 402 g/mol. The minimum absolute atomic E-state index is 0.0400. The number of aliphatic hydroxyl groups is 3. The molecular formula is C20H18O9. The highest BCUT2D eigenvalue weighted by Crippen LogP contribution is 2.25. The summed E-state index contributed by atoms with van der Waals surface area (Å²) < 4.78 is 14.7. The van der Waals surface area contributed by atoms with E-state index in [1.54, 1.807) is 36.4 Å². The SMILES string of the molecule is O=C(CO)Oc1ccc(/C=C/c2cc(OC(=O)CO)cc(OC(=O)CO)c2)cc1. The summed E-state index contributed by atoms with van der Waals surface area (Å²) in [6, 6.07) is 10.7. The Kier molecular flexibility index (Phi) is 8.04. The van der Waals surface area contributed by atoms with Gasteiger partial charge in [0.2, 0.25) is 0 Å². The summed E-state index contributed by atoms with van der Waals surface area (Å²) in [6.45, 7) is -2.36. The number of carbonyl (C=O) groups is 3. The molecule has 0 amide bonds. The fraction of sp³-hybridized carbons (Fsp3) is 0.150. The van der Waals surface area contributed by atoms with Gasteiger partial charge in [-0.2, -0.15) is 0 Å². The lowest BCUT2D eigenvalue weighted by Crippen LogP contribution is -2.14. The Bertz CT molecular complexity index is 864. The number of hydrogen-bond acceptors (Lipinski definition) is 9. The smallest absolute Gasteiger partial charge is 0.337 e. The molecule has 152 valence electrons. The number of aliphatic hydroxyl groups excluding tert-OH is 3. The van der Waals surface area contributed by atoms with Crippen LogP contribution in [0.3, 0.4) is 0 Å². The minimum Gasteiger partial charge on any atom is -0.425 e. The van der Waals surface area contributed by atoms with Gasteiger partial charge in [0.15, 0.2) is 0 Å². The van der Waals surface area contributed by atoms with E-state index in [1.807, 2.05) is 0 Å². The molecule has 3 N–H and O–H groups in total. The summed E-state index contributed by atoms with van der Waals surface area (Å²) in [7, 11) is 0. The molecule has 0 spiro atoms. The third-order valence-electron chi connectivity index (χ3n) is 3.33. The van der Waals surface area contributed by atoms with Crippen LogP contribution < -0.4 is 14.2 Å². The van der Waals surface area contributed by atoms with Crippen LogP contribution in [0.5, 0.6) is 17.2 Å². The van der Waals surface area contributed by atoms with Crippen molar-refractivity contribution in [3.63, 3.8) is 0 Å². The molecule has 0 fully saturated rings. The lowest BCUT2D eigenvalue weighted by atomic mass is 10.1. The zero-order valence-electron chi connectivity index (χ0n) is 15.1. The van der Waals surface area contributed by atoms with E-state index in [9.17, 15) is 14.4 Å². The van der Waals surface area contributed by atoms with Crippen molar-refractivity contribution >= 4 is 30.1 Å². The average molecular weight is 402 g/mol. The van der Waals surface area contributed by atoms with Crippen molar-refractivity contribution in [2.45, 2.75) is 0 Å². The molecule has 2 aromatic carbocycles. The lowest BCUT2D eigenvalue weighted by Gasteiger charge is -2.08. The Morgan fingerprint density at radius 2 is 1.03 bits per heavy atom. The van der Waals surface area contributed by atoms with Gasteiger partial charge in [-0.1, -0.05) is 24.3 Å². The maximum absolute atomic E-state index is 11.3. The maximum atomic E-state index is 11.3. The highest BCUT2D eigenvalue weighted by Gasteiger charge is 2.09. The van der Waals surface area contributed by atoms with E-state index in [0.29, 0.717) is 5.56 Å². The number of hydrogen-bond donors (Lipinski definition) is 3. The van der Waals surface area contributed by atoms with Crippen molar-refractivity contribution in [1.82, 2.24) is 0 Å². The van der Waals surface area contributed by atoms with Crippen LogP contribution in [-0.4, -0.2) is 53.0 Å². The predicted molar refractivity (Wildman–Crippen MR) is 100.0 cm³/mol. The van der Waals surface area contributed by atoms with Crippen molar-refractivity contribution in [3.05, 3.63) is 53.6 Å². The highest BCUT2D eigenvalue weighted by molar-refractivity contribution is 5.77. The first kappa shape index (κ1) is 21.8. The van der Waals surface area contributed by atoms with Gasteiger partial charge in [0.1, 0.15) is 37.1 Å². The molecule has 2 rings (SSSR count). The van der Waals surface area contributed by atoms with E-state index in [1.165, 1.54) is 18.2 Å². The topological polar surface area (TPSA) is 140 Å². The molecule has 0 saturated carbocycles. The zero-order valence-corrected chi connectivity index (χ0v) is 15.1. The number of rotatable bonds is 8. The molecule has 0 aliphatic rings. The summed E-state index contributed by atoms with van der Waals surface area (Å²) in [5.74, 6) is -2.20. The molecule has 0 aliphatic heterocycles. The van der Waals surface area contributed by atoms with Crippen LogP contribution in [0.25, 0.3) is 12.2 Å². The predicted octanol–water partition coefficient (Wildman–Crippen LogP) is 0.550. The molecule has 0 atom stereocenters. The molecule has 0 radical (unpaired) electrons. The third-order valence-corrected chi connectivity index (χ3v) is 3.33. The second kappa shape index (κ2) is 10.7. The second-order valence-corrected chi connectivity index (χ2v) is 5.54. The van der Waals surface area contributed by atoms with E-state index in [0.717, 1.165) is 5.56 Å². The molecule has 0 bridgehead atoms. The van der Waals surface area contributed by atoms with Crippen molar-refractivity contribution < 1.29 is 43.9 Å². The molecule has 2 aromatic rings. The summed E-state index contributed by atoms with van der Waals surface area (Å²) in [5, 5.41) is 26.3. The standard InChI is InChI=1S/C20H18O9/c21-10-18(24)27-15-5-3-13(4-6-15)1-2-14-7-16(28-19(25)11-22)9-17(8-14)29-20(26)12-23/h1-9,21-23H,10-12H2/b2-1+. The Morgan fingerprint density at radius 3 is 1.48 bits per heavy atom. The molecule has 9 heteroatoms. The number of carbonyl (C=O) groups excluding carboxylic acids is 3. The maximum Gasteiger partial charge on any atom is 0.337 e. The van der Waals surface area contributed by atoms with E-state index >= 15 is 0 Å². The van der Waals surface area contributed by atoms with Gasteiger partial charge in [-0.25, -0.2) is 14.4 Å². The summed E-state index contributed by atoms with van der Waals surface area (Å²) in [4.78, 5) is 33.7. The van der Waals surface area contributed by atoms with Crippen LogP contribution in [-0.2, 0) is 14.4 Å². The molecule has 0 unspecified atom stereocenters. The molecule has 0 aliphatic carbocycles. The van der Waals surface area contributed by atoms with Crippen molar-refractivity contribution in [2.75, 3.05) is 19.8 Å². The Balaban J connectivity index is 2.21. The number of ether oxygens (including phenoxy) is 3. The summed E-state index contributed by atoms with van der Waals surface area (Å²) >= 11 is 0. The molecule has 29 heavy (non-hydrogen) atoms. The van der Waals surface area contributed by atoms with Crippen LogP contribution >= 0.6 is 0 Å². The van der Waals surface area contributed by atoms with Crippen molar-refractivity contribution in [2.24, 2.45) is 0 Å². The number of benzene rings is 2. The average Bonchev–Trinajstić information content (AvgIpc) is 2.72. The first-order valence-corrected chi connectivity index (χ1v) is 8.31. The third kappa shape index (κ3) is 7.18. The van der Waals surface area contributed by atoms with Gasteiger partial charge >= 0.3 is 17.9 Å². The van der Waals surface area contributed by atoms with Crippen molar-refractivity contribution in [3.8, 4) is 17.2 Å². The second-order valence-electron chi connectivity index (χ2n) is 5.54. The lowest BCUT2D eigenvalue weighted by molar-refractivity contribution is -0.138. The summed E-state index contributed by atoms with van der Waals surface area (Å²) in [5.41, 5.74) is 1.24.